The second-order valence-electron chi connectivity index (χ2n) is 5.91. The lowest BCUT2D eigenvalue weighted by Gasteiger charge is -2.12. The summed E-state index contributed by atoms with van der Waals surface area (Å²) in [5.41, 5.74) is 1.50. The number of furan rings is 1. The Morgan fingerprint density at radius 2 is 1.93 bits per heavy atom. The molecule has 2 aromatic heterocycles. The van der Waals surface area contributed by atoms with Gasteiger partial charge in [0.15, 0.2) is 5.16 Å². The Bertz CT molecular complexity index is 1160. The standard InChI is InChI=1S/C20H14Cl2N2O2S/c21-14-8-7-13(17(22)10-14)12-27-20-23-18-6-2-1-5-16(18)19(25)24(20)11-15-4-3-9-26-15/h1-10H,11-12H2. The highest BCUT2D eigenvalue weighted by molar-refractivity contribution is 7.98. The zero-order valence-electron chi connectivity index (χ0n) is 14.1. The van der Waals surface area contributed by atoms with E-state index in [1.807, 2.05) is 30.3 Å². The molecular weight excluding hydrogens is 403 g/mol. The van der Waals surface area contributed by atoms with Crippen molar-refractivity contribution in [2.24, 2.45) is 0 Å². The predicted molar refractivity (Wildman–Crippen MR) is 110 cm³/mol. The van der Waals surface area contributed by atoms with Crippen LogP contribution in [0.2, 0.25) is 10.0 Å². The summed E-state index contributed by atoms with van der Waals surface area (Å²) in [7, 11) is 0. The van der Waals surface area contributed by atoms with E-state index >= 15 is 0 Å². The van der Waals surface area contributed by atoms with Crippen LogP contribution in [0.4, 0.5) is 0 Å². The average molecular weight is 417 g/mol. The quantitative estimate of drug-likeness (QED) is 0.312. The van der Waals surface area contributed by atoms with Crippen molar-refractivity contribution in [3.05, 3.63) is 92.6 Å². The maximum Gasteiger partial charge on any atom is 0.262 e. The Hall–Kier alpha value is -2.21. The molecule has 0 spiro atoms. The molecule has 2 heterocycles. The van der Waals surface area contributed by atoms with Crippen LogP contribution < -0.4 is 5.56 Å². The summed E-state index contributed by atoms with van der Waals surface area (Å²) in [6, 6.07) is 16.4. The molecule has 0 amide bonds. The Labute approximate surface area is 169 Å². The number of rotatable bonds is 5. The number of benzene rings is 2. The zero-order valence-corrected chi connectivity index (χ0v) is 16.4. The Morgan fingerprint density at radius 3 is 2.70 bits per heavy atom. The lowest BCUT2D eigenvalue weighted by molar-refractivity contribution is 0.476. The maximum absolute atomic E-state index is 13.0. The molecule has 136 valence electrons. The van der Waals surface area contributed by atoms with Gasteiger partial charge in [-0.2, -0.15) is 0 Å². The van der Waals surface area contributed by atoms with Gasteiger partial charge in [-0.25, -0.2) is 4.98 Å². The van der Waals surface area contributed by atoms with Gasteiger partial charge in [0.25, 0.3) is 5.56 Å². The summed E-state index contributed by atoms with van der Waals surface area (Å²) in [4.78, 5) is 17.7. The van der Waals surface area contributed by atoms with E-state index in [1.165, 1.54) is 11.8 Å². The van der Waals surface area contributed by atoms with Crippen LogP contribution in [0.25, 0.3) is 10.9 Å². The minimum atomic E-state index is -0.0956. The summed E-state index contributed by atoms with van der Waals surface area (Å²) in [5, 5.41) is 2.38. The summed E-state index contributed by atoms with van der Waals surface area (Å²) >= 11 is 13.7. The Morgan fingerprint density at radius 1 is 1.07 bits per heavy atom. The molecule has 0 unspecified atom stereocenters. The molecule has 7 heteroatoms. The van der Waals surface area contributed by atoms with E-state index < -0.39 is 0 Å². The average Bonchev–Trinajstić information content (AvgIpc) is 3.17. The number of nitrogens with zero attached hydrogens (tertiary/aromatic N) is 2. The molecule has 4 aromatic rings. The second kappa shape index (κ2) is 7.80. The van der Waals surface area contributed by atoms with E-state index in [9.17, 15) is 4.79 Å². The fraction of sp³-hybridized carbons (Fsp3) is 0.100. The third-order valence-electron chi connectivity index (χ3n) is 4.09. The number of hydrogen-bond acceptors (Lipinski definition) is 4. The van der Waals surface area contributed by atoms with Gasteiger partial charge in [-0.15, -0.1) is 0 Å². The van der Waals surface area contributed by atoms with Crippen LogP contribution in [-0.4, -0.2) is 9.55 Å². The third-order valence-corrected chi connectivity index (χ3v) is 5.70. The largest absolute Gasteiger partial charge is 0.467 e. The van der Waals surface area contributed by atoms with Gasteiger partial charge in [-0.05, 0) is 42.0 Å². The van der Waals surface area contributed by atoms with Crippen LogP contribution in [0.5, 0.6) is 0 Å². The first kappa shape index (κ1) is 18.2. The molecule has 27 heavy (non-hydrogen) atoms. The van der Waals surface area contributed by atoms with Crippen molar-refractivity contribution in [1.29, 1.82) is 0 Å². The molecule has 0 fully saturated rings. The molecule has 0 N–H and O–H groups in total. The minimum absolute atomic E-state index is 0.0956. The Balaban J connectivity index is 1.74. The van der Waals surface area contributed by atoms with Crippen molar-refractivity contribution in [2.45, 2.75) is 17.5 Å². The number of fused-ring (bicyclic) bond motifs is 1. The molecule has 0 atom stereocenters. The van der Waals surface area contributed by atoms with E-state index in [0.29, 0.717) is 44.2 Å². The SMILES string of the molecule is O=c1c2ccccc2nc(SCc2ccc(Cl)cc2Cl)n1Cc1ccco1. The van der Waals surface area contributed by atoms with Crippen LogP contribution in [0, 0.1) is 0 Å². The molecule has 0 aliphatic rings. The van der Waals surface area contributed by atoms with E-state index in [0.717, 1.165) is 5.56 Å². The lowest BCUT2D eigenvalue weighted by atomic mass is 10.2. The van der Waals surface area contributed by atoms with E-state index in [-0.39, 0.29) is 5.56 Å². The number of thioether (sulfide) groups is 1. The van der Waals surface area contributed by atoms with Crippen molar-refractivity contribution in [1.82, 2.24) is 9.55 Å². The fourth-order valence-corrected chi connectivity index (χ4v) is 4.29. The molecule has 0 aliphatic heterocycles. The van der Waals surface area contributed by atoms with Crippen LogP contribution in [0.3, 0.4) is 0 Å². The van der Waals surface area contributed by atoms with Crippen molar-refractivity contribution in [2.75, 3.05) is 0 Å². The van der Waals surface area contributed by atoms with Gasteiger partial charge in [-0.3, -0.25) is 9.36 Å². The molecule has 2 aromatic carbocycles. The number of hydrogen-bond donors (Lipinski definition) is 0. The predicted octanol–water partition coefficient (Wildman–Crippen LogP) is 5.64. The van der Waals surface area contributed by atoms with Crippen LogP contribution >= 0.6 is 35.0 Å². The topological polar surface area (TPSA) is 48.0 Å². The summed E-state index contributed by atoms with van der Waals surface area (Å²) in [5.74, 6) is 1.26. The minimum Gasteiger partial charge on any atom is -0.467 e. The molecule has 0 saturated heterocycles. The van der Waals surface area contributed by atoms with Gasteiger partial charge in [0.2, 0.25) is 0 Å². The van der Waals surface area contributed by atoms with Crippen molar-refractivity contribution in [3.63, 3.8) is 0 Å². The maximum atomic E-state index is 13.0. The van der Waals surface area contributed by atoms with Crippen LogP contribution in [0.1, 0.15) is 11.3 Å². The monoisotopic (exact) mass is 416 g/mol. The molecule has 0 bridgehead atoms. The van der Waals surface area contributed by atoms with Crippen molar-refractivity contribution >= 4 is 45.9 Å². The third kappa shape index (κ3) is 3.90. The van der Waals surface area contributed by atoms with Gasteiger partial charge >= 0.3 is 0 Å². The summed E-state index contributed by atoms with van der Waals surface area (Å²) < 4.78 is 7.06. The highest BCUT2D eigenvalue weighted by atomic mass is 35.5. The van der Waals surface area contributed by atoms with E-state index in [4.69, 9.17) is 32.6 Å². The van der Waals surface area contributed by atoms with Gasteiger partial charge < -0.3 is 4.42 Å². The van der Waals surface area contributed by atoms with E-state index in [1.54, 1.807) is 35.1 Å². The van der Waals surface area contributed by atoms with Gasteiger partial charge in [0, 0.05) is 15.8 Å². The fourth-order valence-electron chi connectivity index (χ4n) is 2.74. The highest BCUT2D eigenvalue weighted by Crippen LogP contribution is 2.28. The van der Waals surface area contributed by atoms with Gasteiger partial charge in [0.05, 0.1) is 23.7 Å². The molecule has 0 radical (unpaired) electrons. The number of aromatic nitrogens is 2. The number of para-hydroxylation sites is 1. The molecule has 4 rings (SSSR count). The summed E-state index contributed by atoms with van der Waals surface area (Å²) in [6.07, 6.45) is 1.59. The Kier molecular flexibility index (Phi) is 5.25. The lowest BCUT2D eigenvalue weighted by Crippen LogP contribution is -2.23. The van der Waals surface area contributed by atoms with Crippen LogP contribution in [-0.2, 0) is 12.3 Å². The first-order valence-corrected chi connectivity index (χ1v) is 9.94. The van der Waals surface area contributed by atoms with Gasteiger partial charge in [0.1, 0.15) is 5.76 Å². The zero-order chi connectivity index (χ0) is 18.8. The van der Waals surface area contributed by atoms with E-state index in [2.05, 4.69) is 0 Å². The van der Waals surface area contributed by atoms with Crippen molar-refractivity contribution in [3.8, 4) is 0 Å². The molecular formula is C20H14Cl2N2O2S. The highest BCUT2D eigenvalue weighted by Gasteiger charge is 2.14. The number of halogens is 2. The molecule has 4 nitrogen and oxygen atoms in total. The molecule has 0 aliphatic carbocycles. The molecule has 0 saturated carbocycles. The van der Waals surface area contributed by atoms with Gasteiger partial charge in [-0.1, -0.05) is 53.2 Å². The summed E-state index contributed by atoms with van der Waals surface area (Å²) in [6.45, 7) is 0.320. The van der Waals surface area contributed by atoms with Crippen molar-refractivity contribution < 1.29 is 4.42 Å². The van der Waals surface area contributed by atoms with Crippen LogP contribution in [0.15, 0.2) is 75.2 Å². The first-order valence-electron chi connectivity index (χ1n) is 8.20. The first-order chi connectivity index (χ1) is 13.1. The normalized spacial score (nSPS) is 11.2. The smallest absolute Gasteiger partial charge is 0.262 e. The second-order valence-corrected chi connectivity index (χ2v) is 7.69.